The third kappa shape index (κ3) is 2.67. The summed E-state index contributed by atoms with van der Waals surface area (Å²) in [5.74, 6) is 0.282. The minimum absolute atomic E-state index is 0.200. The molecule has 2 N–H and O–H groups in total. The lowest BCUT2D eigenvalue weighted by molar-refractivity contribution is -0.122. The maximum Gasteiger partial charge on any atom is 0.439 e. The van der Waals surface area contributed by atoms with Crippen molar-refractivity contribution in [1.82, 2.24) is 10.1 Å². The fourth-order valence-electron chi connectivity index (χ4n) is 2.62. The summed E-state index contributed by atoms with van der Waals surface area (Å²) in [6.45, 7) is 0. The second kappa shape index (κ2) is 5.69. The van der Waals surface area contributed by atoms with Gasteiger partial charge in [0.15, 0.2) is 11.9 Å². The van der Waals surface area contributed by atoms with Crippen LogP contribution in [0.1, 0.15) is 5.56 Å². The highest BCUT2D eigenvalue weighted by Crippen LogP contribution is 2.28. The summed E-state index contributed by atoms with van der Waals surface area (Å²) >= 11 is 0. The van der Waals surface area contributed by atoms with E-state index in [4.69, 9.17) is 4.74 Å². The molecule has 0 aliphatic carbocycles. The molecule has 2 aromatic carbocycles. The molecule has 1 aliphatic heterocycles. The Balaban J connectivity index is 1.44. The van der Waals surface area contributed by atoms with Gasteiger partial charge in [0.25, 0.3) is 5.91 Å². The number of aromatic amines is 1. The fraction of sp³-hybridized carbons (Fsp3) is 0.118. The average Bonchev–Trinajstić information content (AvgIpc) is 3.21. The number of nitrogens with zero attached hydrogens (tertiary/aromatic N) is 1. The smallest absolute Gasteiger partial charge is 0.439 e. The number of carbonyl (C=O) groups is 1. The third-order valence-electron chi connectivity index (χ3n) is 3.81. The molecule has 120 valence electrons. The summed E-state index contributed by atoms with van der Waals surface area (Å²) in [4.78, 5) is 25.8. The minimum Gasteiger partial charge on any atom is -0.480 e. The van der Waals surface area contributed by atoms with E-state index in [1.54, 1.807) is 24.3 Å². The summed E-state index contributed by atoms with van der Waals surface area (Å²) in [5.41, 5.74) is 2.35. The molecule has 1 aromatic heterocycles. The predicted octanol–water partition coefficient (Wildman–Crippen LogP) is 1.97. The van der Waals surface area contributed by atoms with Gasteiger partial charge in [-0.2, -0.15) is 0 Å². The number of H-pyrrole nitrogens is 1. The van der Waals surface area contributed by atoms with Crippen LogP contribution in [-0.2, 0) is 11.2 Å². The van der Waals surface area contributed by atoms with Crippen LogP contribution >= 0.6 is 0 Å². The van der Waals surface area contributed by atoms with Gasteiger partial charge in [-0.05, 0) is 35.9 Å². The van der Waals surface area contributed by atoms with Crippen LogP contribution < -0.4 is 15.8 Å². The molecule has 1 atom stereocenters. The molecule has 24 heavy (non-hydrogen) atoms. The average molecular weight is 323 g/mol. The van der Waals surface area contributed by atoms with Gasteiger partial charge in [-0.1, -0.05) is 23.4 Å². The number of para-hydroxylation sites is 1. The first-order valence-corrected chi connectivity index (χ1v) is 7.41. The van der Waals surface area contributed by atoms with E-state index in [2.05, 4.69) is 20.0 Å². The topological polar surface area (TPSA) is 97.2 Å². The van der Waals surface area contributed by atoms with Crippen molar-refractivity contribution in [2.45, 2.75) is 12.5 Å². The summed E-state index contributed by atoms with van der Waals surface area (Å²) in [5, 5.41) is 6.44. The van der Waals surface area contributed by atoms with Crippen molar-refractivity contribution < 1.29 is 14.1 Å². The third-order valence-corrected chi connectivity index (χ3v) is 3.81. The molecule has 3 aromatic rings. The van der Waals surface area contributed by atoms with Crippen LogP contribution in [0.2, 0.25) is 0 Å². The zero-order valence-corrected chi connectivity index (χ0v) is 12.5. The van der Waals surface area contributed by atoms with Crippen molar-refractivity contribution in [1.29, 1.82) is 0 Å². The summed E-state index contributed by atoms with van der Waals surface area (Å²) < 4.78 is 10.1. The highest BCUT2D eigenvalue weighted by Gasteiger charge is 2.28. The number of nitrogens with one attached hydrogen (secondary N) is 2. The summed E-state index contributed by atoms with van der Waals surface area (Å²) in [6.07, 6.45) is 0.0225. The first-order chi connectivity index (χ1) is 11.7. The number of fused-ring (bicyclic) bond motifs is 1. The number of hydrogen-bond donors (Lipinski definition) is 2. The normalized spacial score (nSPS) is 15.6. The Labute approximate surface area is 136 Å². The molecule has 0 bridgehead atoms. The van der Waals surface area contributed by atoms with Gasteiger partial charge in [-0.25, -0.2) is 4.79 Å². The molecule has 7 heteroatoms. The van der Waals surface area contributed by atoms with E-state index in [0.29, 0.717) is 23.5 Å². The Morgan fingerprint density at radius 3 is 2.67 bits per heavy atom. The van der Waals surface area contributed by atoms with Crippen LogP contribution in [0.5, 0.6) is 5.75 Å². The summed E-state index contributed by atoms with van der Waals surface area (Å²) in [7, 11) is 0. The van der Waals surface area contributed by atoms with Crippen LogP contribution in [0.3, 0.4) is 0 Å². The lowest BCUT2D eigenvalue weighted by Gasteiger charge is -2.11. The molecule has 0 saturated carbocycles. The molecule has 0 radical (unpaired) electrons. The van der Waals surface area contributed by atoms with Gasteiger partial charge in [-0.15, -0.1) is 0 Å². The Morgan fingerprint density at radius 1 is 1.17 bits per heavy atom. The zero-order chi connectivity index (χ0) is 16.5. The van der Waals surface area contributed by atoms with Crippen LogP contribution in [0.15, 0.2) is 57.8 Å². The van der Waals surface area contributed by atoms with Crippen molar-refractivity contribution in [2.24, 2.45) is 0 Å². The van der Waals surface area contributed by atoms with Crippen LogP contribution in [0.25, 0.3) is 11.4 Å². The molecule has 4 rings (SSSR count). The largest absolute Gasteiger partial charge is 0.480 e. The van der Waals surface area contributed by atoms with Gasteiger partial charge in [0.2, 0.25) is 0 Å². The second-order valence-corrected chi connectivity index (χ2v) is 5.43. The number of anilines is 1. The highest BCUT2D eigenvalue weighted by atomic mass is 16.5. The van der Waals surface area contributed by atoms with Crippen molar-refractivity contribution in [2.75, 3.05) is 5.32 Å². The van der Waals surface area contributed by atoms with Crippen molar-refractivity contribution in [3.63, 3.8) is 0 Å². The van der Waals surface area contributed by atoms with Gasteiger partial charge < -0.3 is 10.1 Å². The standard InChI is InChI=1S/C17H13N3O4/c21-16(14-9-11-3-1-2-4-13(11)23-14)18-12-7-5-10(6-8-12)15-19-17(22)24-20-15/h1-8,14H,9H2,(H,18,21)(H,19,20,22)/t14-/m1/s1. The SMILES string of the molecule is O=C(Nc1ccc(-c2noc(=O)[nH]2)cc1)[C@H]1Cc2ccccc2O1. The minimum atomic E-state index is -0.611. The Morgan fingerprint density at radius 2 is 1.96 bits per heavy atom. The van der Waals surface area contributed by atoms with E-state index in [0.717, 1.165) is 11.3 Å². The van der Waals surface area contributed by atoms with Crippen molar-refractivity contribution >= 4 is 11.6 Å². The van der Waals surface area contributed by atoms with E-state index in [9.17, 15) is 9.59 Å². The first-order valence-electron chi connectivity index (χ1n) is 7.41. The van der Waals surface area contributed by atoms with Crippen LogP contribution in [-0.4, -0.2) is 22.2 Å². The van der Waals surface area contributed by atoms with Crippen LogP contribution in [0.4, 0.5) is 5.69 Å². The Kier molecular flexibility index (Phi) is 3.38. The van der Waals surface area contributed by atoms with Gasteiger partial charge in [0.1, 0.15) is 5.75 Å². The van der Waals surface area contributed by atoms with Gasteiger partial charge in [0, 0.05) is 17.7 Å². The maximum absolute atomic E-state index is 12.3. The van der Waals surface area contributed by atoms with E-state index >= 15 is 0 Å². The number of carbonyl (C=O) groups excluding carboxylic acids is 1. The Hall–Kier alpha value is -3.35. The van der Waals surface area contributed by atoms with Gasteiger partial charge >= 0.3 is 5.76 Å². The molecule has 1 amide bonds. The number of amides is 1. The predicted molar refractivity (Wildman–Crippen MR) is 85.8 cm³/mol. The number of hydrogen-bond acceptors (Lipinski definition) is 5. The molecule has 0 fully saturated rings. The summed E-state index contributed by atoms with van der Waals surface area (Å²) in [6, 6.07) is 14.5. The molecule has 7 nitrogen and oxygen atoms in total. The van der Waals surface area contributed by atoms with E-state index in [1.807, 2.05) is 24.3 Å². The van der Waals surface area contributed by atoms with Crippen molar-refractivity contribution in [3.8, 4) is 17.1 Å². The molecular formula is C17H13N3O4. The molecule has 0 spiro atoms. The number of benzene rings is 2. The monoisotopic (exact) mass is 323 g/mol. The molecule has 0 unspecified atom stereocenters. The first kappa shape index (κ1) is 14.3. The quantitative estimate of drug-likeness (QED) is 0.768. The Bertz CT molecular complexity index is 918. The number of rotatable bonds is 3. The lowest BCUT2D eigenvalue weighted by atomic mass is 10.1. The second-order valence-electron chi connectivity index (χ2n) is 5.43. The number of ether oxygens (including phenoxy) is 1. The van der Waals surface area contributed by atoms with E-state index in [1.165, 1.54) is 0 Å². The molecule has 1 aliphatic rings. The van der Waals surface area contributed by atoms with Gasteiger partial charge in [-0.3, -0.25) is 14.3 Å². The van der Waals surface area contributed by atoms with Gasteiger partial charge in [0.05, 0.1) is 0 Å². The highest BCUT2D eigenvalue weighted by molar-refractivity contribution is 5.95. The molecule has 2 heterocycles. The fourth-order valence-corrected chi connectivity index (χ4v) is 2.62. The van der Waals surface area contributed by atoms with E-state index in [-0.39, 0.29) is 5.91 Å². The maximum atomic E-state index is 12.3. The van der Waals surface area contributed by atoms with Crippen LogP contribution in [0, 0.1) is 0 Å². The van der Waals surface area contributed by atoms with E-state index < -0.39 is 11.9 Å². The molecular weight excluding hydrogens is 310 g/mol. The zero-order valence-electron chi connectivity index (χ0n) is 12.5. The van der Waals surface area contributed by atoms with Crippen molar-refractivity contribution in [3.05, 3.63) is 64.6 Å². The molecule has 0 saturated heterocycles. The number of aromatic nitrogens is 2. The lowest BCUT2D eigenvalue weighted by Crippen LogP contribution is -2.31.